The molecule has 21 heavy (non-hydrogen) atoms. The normalized spacial score (nSPS) is 15.6. The van der Waals surface area contributed by atoms with E-state index in [1.165, 1.54) is 31.7 Å². The molecule has 1 N–H and O–H groups in total. The number of hydrogen-bond donors (Lipinski definition) is 1. The van der Waals surface area contributed by atoms with Crippen LogP contribution in [0.3, 0.4) is 0 Å². The van der Waals surface area contributed by atoms with Gasteiger partial charge in [-0.15, -0.1) is 0 Å². The van der Waals surface area contributed by atoms with Crippen molar-refractivity contribution in [2.24, 2.45) is 0 Å². The van der Waals surface area contributed by atoms with Gasteiger partial charge in [0, 0.05) is 35.8 Å². The molecule has 0 amide bonds. The Balaban J connectivity index is 2.12. The smallest absolute Gasteiger partial charge is 0.167 e. The minimum atomic E-state index is -0.345. The van der Waals surface area contributed by atoms with Crippen LogP contribution in [0.4, 0.5) is 10.1 Å². The highest BCUT2D eigenvalue weighted by atomic mass is 19.1. The van der Waals surface area contributed by atoms with Crippen molar-refractivity contribution in [3.63, 3.8) is 0 Å². The zero-order chi connectivity index (χ0) is 14.8. The second kappa shape index (κ2) is 5.88. The van der Waals surface area contributed by atoms with Gasteiger partial charge in [0.25, 0.3) is 0 Å². The first-order valence-electron chi connectivity index (χ1n) is 7.67. The monoisotopic (exact) mass is 288 g/mol. The molecule has 0 saturated heterocycles. The van der Waals surface area contributed by atoms with Crippen LogP contribution in [0.1, 0.15) is 44.2 Å². The van der Waals surface area contributed by atoms with Gasteiger partial charge in [0.05, 0.1) is 12.1 Å². The minimum absolute atomic E-state index is 0.289. The SMILES string of the molecule is CCOc1cc2c(NC)cc(C3CCCC3)nc2cc1F. The molecular weight excluding hydrogens is 267 g/mol. The number of rotatable bonds is 4. The van der Waals surface area contributed by atoms with Crippen LogP contribution in [0.2, 0.25) is 0 Å². The van der Waals surface area contributed by atoms with Gasteiger partial charge in [0.2, 0.25) is 0 Å². The van der Waals surface area contributed by atoms with Crippen molar-refractivity contribution in [3.8, 4) is 5.75 Å². The molecule has 1 aliphatic carbocycles. The first kappa shape index (κ1) is 14.1. The molecule has 0 unspecified atom stereocenters. The molecule has 1 heterocycles. The Morgan fingerprint density at radius 1 is 1.29 bits per heavy atom. The molecule has 112 valence electrons. The van der Waals surface area contributed by atoms with Crippen LogP contribution >= 0.6 is 0 Å². The number of aromatic nitrogens is 1. The van der Waals surface area contributed by atoms with Crippen LogP contribution < -0.4 is 10.1 Å². The Hall–Kier alpha value is -1.84. The van der Waals surface area contributed by atoms with Crippen molar-refractivity contribution >= 4 is 16.6 Å². The van der Waals surface area contributed by atoms with Gasteiger partial charge in [-0.3, -0.25) is 4.98 Å². The van der Waals surface area contributed by atoms with Gasteiger partial charge >= 0.3 is 0 Å². The fourth-order valence-corrected chi connectivity index (χ4v) is 3.15. The fraction of sp³-hybridized carbons (Fsp3) is 0.471. The van der Waals surface area contributed by atoms with E-state index in [0.29, 0.717) is 18.0 Å². The van der Waals surface area contributed by atoms with Crippen molar-refractivity contribution in [1.29, 1.82) is 0 Å². The van der Waals surface area contributed by atoms with Gasteiger partial charge in [-0.1, -0.05) is 12.8 Å². The van der Waals surface area contributed by atoms with Gasteiger partial charge in [0.1, 0.15) is 0 Å². The third-order valence-electron chi connectivity index (χ3n) is 4.22. The van der Waals surface area contributed by atoms with Crippen molar-refractivity contribution in [3.05, 3.63) is 29.7 Å². The molecular formula is C17H21FN2O. The molecule has 1 saturated carbocycles. The van der Waals surface area contributed by atoms with E-state index >= 15 is 0 Å². The van der Waals surface area contributed by atoms with E-state index in [9.17, 15) is 4.39 Å². The summed E-state index contributed by atoms with van der Waals surface area (Å²) in [6.07, 6.45) is 4.89. The highest BCUT2D eigenvalue weighted by Crippen LogP contribution is 2.37. The number of nitrogens with one attached hydrogen (secondary N) is 1. The van der Waals surface area contributed by atoms with Gasteiger partial charge in [0.15, 0.2) is 11.6 Å². The molecule has 2 aromatic rings. The Labute approximate surface area is 124 Å². The molecule has 0 atom stereocenters. The van der Waals surface area contributed by atoms with Crippen molar-refractivity contribution in [2.45, 2.75) is 38.5 Å². The summed E-state index contributed by atoms with van der Waals surface area (Å²) >= 11 is 0. The van der Waals surface area contributed by atoms with E-state index in [1.807, 2.05) is 14.0 Å². The number of nitrogens with zero attached hydrogens (tertiary/aromatic N) is 1. The number of fused-ring (bicyclic) bond motifs is 1. The first-order chi connectivity index (χ1) is 10.2. The Morgan fingerprint density at radius 3 is 2.71 bits per heavy atom. The summed E-state index contributed by atoms with van der Waals surface area (Å²) < 4.78 is 19.4. The maximum Gasteiger partial charge on any atom is 0.167 e. The number of hydrogen-bond acceptors (Lipinski definition) is 3. The average molecular weight is 288 g/mol. The molecule has 4 heteroatoms. The molecule has 3 nitrogen and oxygen atoms in total. The van der Waals surface area contributed by atoms with Crippen LogP contribution in [-0.4, -0.2) is 18.6 Å². The molecule has 1 fully saturated rings. The van der Waals surface area contributed by atoms with Gasteiger partial charge in [-0.25, -0.2) is 4.39 Å². The number of ether oxygens (including phenoxy) is 1. The van der Waals surface area contributed by atoms with E-state index < -0.39 is 0 Å². The predicted octanol–water partition coefficient (Wildman–Crippen LogP) is 4.47. The maximum absolute atomic E-state index is 14.1. The van der Waals surface area contributed by atoms with Crippen LogP contribution in [0.25, 0.3) is 10.9 Å². The lowest BCUT2D eigenvalue weighted by atomic mass is 10.0. The van der Waals surface area contributed by atoms with Gasteiger partial charge < -0.3 is 10.1 Å². The summed E-state index contributed by atoms with van der Waals surface area (Å²) in [6, 6.07) is 5.33. The van der Waals surface area contributed by atoms with Crippen LogP contribution in [0.15, 0.2) is 18.2 Å². The number of anilines is 1. The molecule has 0 aliphatic heterocycles. The first-order valence-corrected chi connectivity index (χ1v) is 7.67. The lowest BCUT2D eigenvalue weighted by Crippen LogP contribution is -2.02. The van der Waals surface area contributed by atoms with E-state index in [1.54, 1.807) is 6.07 Å². The molecule has 1 aromatic carbocycles. The summed E-state index contributed by atoms with van der Waals surface area (Å²) in [5, 5.41) is 4.11. The Kier molecular flexibility index (Phi) is 3.95. The van der Waals surface area contributed by atoms with E-state index in [2.05, 4.69) is 11.4 Å². The molecule has 1 aromatic heterocycles. The predicted molar refractivity (Wildman–Crippen MR) is 83.6 cm³/mol. The molecule has 0 bridgehead atoms. The van der Waals surface area contributed by atoms with Crippen LogP contribution in [-0.2, 0) is 0 Å². The minimum Gasteiger partial charge on any atom is -0.491 e. The average Bonchev–Trinajstić information content (AvgIpc) is 3.01. The summed E-state index contributed by atoms with van der Waals surface area (Å²) in [4.78, 5) is 4.69. The lowest BCUT2D eigenvalue weighted by molar-refractivity contribution is 0.322. The Morgan fingerprint density at radius 2 is 2.05 bits per heavy atom. The molecule has 3 rings (SSSR count). The van der Waals surface area contributed by atoms with Crippen molar-refractivity contribution in [2.75, 3.05) is 19.0 Å². The van der Waals surface area contributed by atoms with E-state index in [0.717, 1.165) is 16.8 Å². The quantitative estimate of drug-likeness (QED) is 0.901. The summed E-state index contributed by atoms with van der Waals surface area (Å²) in [5.74, 6) is 0.454. The number of halogens is 1. The summed E-state index contributed by atoms with van der Waals surface area (Å²) in [7, 11) is 1.89. The van der Waals surface area contributed by atoms with Gasteiger partial charge in [-0.05, 0) is 31.9 Å². The topological polar surface area (TPSA) is 34.1 Å². The van der Waals surface area contributed by atoms with E-state index in [4.69, 9.17) is 9.72 Å². The fourth-order valence-electron chi connectivity index (χ4n) is 3.15. The van der Waals surface area contributed by atoms with Crippen LogP contribution in [0, 0.1) is 5.82 Å². The Bertz CT molecular complexity index is 651. The van der Waals surface area contributed by atoms with E-state index in [-0.39, 0.29) is 11.6 Å². The summed E-state index contributed by atoms with van der Waals surface area (Å²) in [5.41, 5.74) is 2.76. The third-order valence-corrected chi connectivity index (χ3v) is 4.22. The highest BCUT2D eigenvalue weighted by Gasteiger charge is 2.20. The second-order valence-corrected chi connectivity index (χ2v) is 5.56. The number of pyridine rings is 1. The van der Waals surface area contributed by atoms with Crippen LogP contribution in [0.5, 0.6) is 5.75 Å². The third kappa shape index (κ3) is 2.67. The lowest BCUT2D eigenvalue weighted by Gasteiger charge is -2.14. The standard InChI is InChI=1S/C17H21FN2O/c1-3-21-17-8-12-15(19-2)10-14(11-6-4-5-7-11)20-16(12)9-13(17)18/h8-11H,3-7H2,1-2H3,(H,19,20). The molecule has 1 aliphatic rings. The largest absolute Gasteiger partial charge is 0.491 e. The molecule has 0 radical (unpaired) electrons. The second-order valence-electron chi connectivity index (χ2n) is 5.56. The maximum atomic E-state index is 14.1. The molecule has 0 spiro atoms. The van der Waals surface area contributed by atoms with Crippen molar-refractivity contribution in [1.82, 2.24) is 4.98 Å². The van der Waals surface area contributed by atoms with Crippen molar-refractivity contribution < 1.29 is 9.13 Å². The zero-order valence-electron chi connectivity index (χ0n) is 12.6. The number of benzene rings is 1. The summed E-state index contributed by atoms with van der Waals surface area (Å²) in [6.45, 7) is 2.30. The highest BCUT2D eigenvalue weighted by molar-refractivity contribution is 5.92. The van der Waals surface area contributed by atoms with Gasteiger partial charge in [-0.2, -0.15) is 0 Å². The zero-order valence-corrected chi connectivity index (χ0v) is 12.6.